The van der Waals surface area contributed by atoms with Gasteiger partial charge in [0.1, 0.15) is 5.52 Å². The van der Waals surface area contributed by atoms with E-state index in [4.69, 9.17) is 0 Å². The first-order valence-corrected chi connectivity index (χ1v) is 5.08. The summed E-state index contributed by atoms with van der Waals surface area (Å²) in [5.41, 5.74) is 2.48. The zero-order valence-electron chi connectivity index (χ0n) is 8.03. The van der Waals surface area contributed by atoms with Crippen LogP contribution in [0.15, 0.2) is 18.2 Å². The van der Waals surface area contributed by atoms with Crippen LogP contribution in [0.3, 0.4) is 0 Å². The number of aromatic nitrogens is 2. The van der Waals surface area contributed by atoms with E-state index in [1.165, 1.54) is 21.8 Å². The molecule has 1 heterocycles. The van der Waals surface area contributed by atoms with Gasteiger partial charge in [0.05, 0.1) is 4.70 Å². The SMILES string of the molecule is CC(C)(C)c1cccc2snnc12. The van der Waals surface area contributed by atoms with Crippen molar-refractivity contribution in [1.29, 1.82) is 0 Å². The van der Waals surface area contributed by atoms with Crippen molar-refractivity contribution in [2.75, 3.05) is 0 Å². The maximum absolute atomic E-state index is 4.15. The Labute approximate surface area is 81.8 Å². The predicted octanol–water partition coefficient (Wildman–Crippen LogP) is 2.99. The predicted molar refractivity (Wildman–Crippen MR) is 56.1 cm³/mol. The average molecular weight is 192 g/mol. The van der Waals surface area contributed by atoms with Gasteiger partial charge in [0.2, 0.25) is 0 Å². The molecule has 1 aromatic heterocycles. The second-order valence-electron chi connectivity index (χ2n) is 4.18. The van der Waals surface area contributed by atoms with Crippen molar-refractivity contribution in [3.05, 3.63) is 23.8 Å². The van der Waals surface area contributed by atoms with Crippen molar-refractivity contribution in [3.8, 4) is 0 Å². The Bertz CT molecular complexity index is 426. The molecule has 2 rings (SSSR count). The second-order valence-corrected chi connectivity index (χ2v) is 4.96. The minimum atomic E-state index is 0.148. The Morgan fingerprint density at radius 2 is 2.00 bits per heavy atom. The molecule has 13 heavy (non-hydrogen) atoms. The number of hydrogen-bond donors (Lipinski definition) is 0. The van der Waals surface area contributed by atoms with Crippen LogP contribution in [0, 0.1) is 0 Å². The largest absolute Gasteiger partial charge is 0.138 e. The Balaban J connectivity index is 2.75. The molecule has 2 nitrogen and oxygen atoms in total. The van der Waals surface area contributed by atoms with Gasteiger partial charge in [-0.25, -0.2) is 0 Å². The van der Waals surface area contributed by atoms with Gasteiger partial charge in [-0.05, 0) is 28.6 Å². The standard InChI is InChI=1S/C10H12N2S/c1-10(2,3)7-5-4-6-8-9(7)11-12-13-8/h4-6H,1-3H3. The zero-order valence-corrected chi connectivity index (χ0v) is 8.85. The summed E-state index contributed by atoms with van der Waals surface area (Å²) in [6, 6.07) is 6.27. The molecule has 0 atom stereocenters. The van der Waals surface area contributed by atoms with E-state index in [0.717, 1.165) is 5.52 Å². The van der Waals surface area contributed by atoms with Gasteiger partial charge >= 0.3 is 0 Å². The maximum atomic E-state index is 4.15. The van der Waals surface area contributed by atoms with Crippen molar-refractivity contribution in [2.45, 2.75) is 26.2 Å². The third-order valence-electron chi connectivity index (χ3n) is 2.09. The van der Waals surface area contributed by atoms with Crippen LogP contribution in [0.4, 0.5) is 0 Å². The fourth-order valence-electron chi connectivity index (χ4n) is 1.41. The van der Waals surface area contributed by atoms with Crippen LogP contribution in [0.1, 0.15) is 26.3 Å². The molecule has 1 aromatic carbocycles. The van der Waals surface area contributed by atoms with Crippen LogP contribution in [0.25, 0.3) is 10.2 Å². The molecule has 0 saturated heterocycles. The highest BCUT2D eigenvalue weighted by Crippen LogP contribution is 2.29. The van der Waals surface area contributed by atoms with Gasteiger partial charge in [0.25, 0.3) is 0 Å². The number of fused-ring (bicyclic) bond motifs is 1. The Hall–Kier alpha value is -0.960. The summed E-state index contributed by atoms with van der Waals surface area (Å²) in [5, 5.41) is 4.15. The summed E-state index contributed by atoms with van der Waals surface area (Å²) in [5.74, 6) is 0. The van der Waals surface area contributed by atoms with Gasteiger partial charge in [-0.3, -0.25) is 0 Å². The molecule has 0 bridgehead atoms. The van der Waals surface area contributed by atoms with Gasteiger partial charge < -0.3 is 0 Å². The quantitative estimate of drug-likeness (QED) is 0.641. The van der Waals surface area contributed by atoms with Crippen LogP contribution >= 0.6 is 11.5 Å². The van der Waals surface area contributed by atoms with Crippen LogP contribution in [0.5, 0.6) is 0 Å². The first kappa shape index (κ1) is 8.63. The molecule has 0 unspecified atom stereocenters. The maximum Gasteiger partial charge on any atom is 0.109 e. The van der Waals surface area contributed by atoms with E-state index in [2.05, 4.69) is 48.6 Å². The fraction of sp³-hybridized carbons (Fsp3) is 0.400. The Morgan fingerprint density at radius 1 is 1.23 bits per heavy atom. The average Bonchev–Trinajstić information content (AvgIpc) is 2.48. The van der Waals surface area contributed by atoms with Crippen molar-refractivity contribution >= 4 is 21.7 Å². The summed E-state index contributed by atoms with van der Waals surface area (Å²) in [6.45, 7) is 6.59. The molecule has 0 amide bonds. The van der Waals surface area contributed by atoms with Crippen LogP contribution < -0.4 is 0 Å². The van der Waals surface area contributed by atoms with E-state index in [1.807, 2.05) is 0 Å². The van der Waals surface area contributed by atoms with Crippen molar-refractivity contribution < 1.29 is 0 Å². The van der Waals surface area contributed by atoms with Crippen LogP contribution in [-0.2, 0) is 5.41 Å². The summed E-state index contributed by atoms with van der Waals surface area (Å²) in [6.07, 6.45) is 0. The molecule has 0 spiro atoms. The highest BCUT2D eigenvalue weighted by molar-refractivity contribution is 7.12. The second kappa shape index (κ2) is 2.77. The molecular weight excluding hydrogens is 180 g/mol. The van der Waals surface area contributed by atoms with E-state index in [-0.39, 0.29) is 5.41 Å². The lowest BCUT2D eigenvalue weighted by Crippen LogP contribution is -2.11. The Morgan fingerprint density at radius 3 is 2.69 bits per heavy atom. The van der Waals surface area contributed by atoms with E-state index in [1.54, 1.807) is 0 Å². The lowest BCUT2D eigenvalue weighted by Gasteiger charge is -2.18. The molecule has 3 heteroatoms. The van der Waals surface area contributed by atoms with Gasteiger partial charge in [-0.15, -0.1) is 5.10 Å². The third kappa shape index (κ3) is 1.44. The number of rotatable bonds is 0. The molecule has 0 N–H and O–H groups in total. The van der Waals surface area contributed by atoms with Crippen molar-refractivity contribution in [1.82, 2.24) is 9.59 Å². The van der Waals surface area contributed by atoms with Crippen LogP contribution in [-0.4, -0.2) is 9.59 Å². The normalized spacial score (nSPS) is 12.2. The summed E-state index contributed by atoms with van der Waals surface area (Å²) < 4.78 is 5.14. The van der Waals surface area contributed by atoms with Crippen molar-refractivity contribution in [3.63, 3.8) is 0 Å². The lowest BCUT2D eigenvalue weighted by molar-refractivity contribution is 0.594. The molecule has 0 aliphatic rings. The topological polar surface area (TPSA) is 25.8 Å². The highest BCUT2D eigenvalue weighted by atomic mass is 32.1. The molecule has 0 aliphatic heterocycles. The van der Waals surface area contributed by atoms with Crippen molar-refractivity contribution in [2.24, 2.45) is 0 Å². The van der Waals surface area contributed by atoms with Gasteiger partial charge in [-0.1, -0.05) is 37.4 Å². The first-order valence-electron chi connectivity index (χ1n) is 4.30. The molecule has 0 aliphatic carbocycles. The third-order valence-corrected chi connectivity index (χ3v) is 2.78. The lowest BCUT2D eigenvalue weighted by atomic mass is 9.86. The summed E-state index contributed by atoms with van der Waals surface area (Å²) >= 11 is 1.46. The zero-order chi connectivity index (χ0) is 9.47. The minimum absolute atomic E-state index is 0.148. The van der Waals surface area contributed by atoms with E-state index in [0.29, 0.717) is 0 Å². The van der Waals surface area contributed by atoms with Gasteiger partial charge in [0, 0.05) is 0 Å². The molecular formula is C10H12N2S. The number of benzene rings is 1. The summed E-state index contributed by atoms with van der Waals surface area (Å²) in [7, 11) is 0. The van der Waals surface area contributed by atoms with E-state index >= 15 is 0 Å². The minimum Gasteiger partial charge on any atom is -0.138 e. The van der Waals surface area contributed by atoms with Gasteiger partial charge in [-0.2, -0.15) is 0 Å². The Kier molecular flexibility index (Phi) is 1.84. The van der Waals surface area contributed by atoms with E-state index < -0.39 is 0 Å². The van der Waals surface area contributed by atoms with Crippen LogP contribution in [0.2, 0.25) is 0 Å². The fourth-order valence-corrected chi connectivity index (χ4v) is 2.00. The van der Waals surface area contributed by atoms with Gasteiger partial charge in [0.15, 0.2) is 0 Å². The number of hydrogen-bond acceptors (Lipinski definition) is 3. The number of nitrogens with zero attached hydrogens (tertiary/aromatic N) is 2. The highest BCUT2D eigenvalue weighted by Gasteiger charge is 2.18. The smallest absolute Gasteiger partial charge is 0.109 e. The molecule has 2 aromatic rings. The first-order chi connectivity index (χ1) is 6.09. The molecule has 68 valence electrons. The molecule has 0 radical (unpaired) electrons. The van der Waals surface area contributed by atoms with E-state index in [9.17, 15) is 0 Å². The molecule has 0 saturated carbocycles. The monoisotopic (exact) mass is 192 g/mol. The summed E-state index contributed by atoms with van der Waals surface area (Å²) in [4.78, 5) is 0. The molecule has 0 fully saturated rings.